The number of rotatable bonds is 5. The quantitative estimate of drug-likeness (QED) is 0.731. The van der Waals surface area contributed by atoms with E-state index >= 15 is 0 Å². The highest BCUT2D eigenvalue weighted by atomic mass is 79.9. The van der Waals surface area contributed by atoms with Gasteiger partial charge in [0.05, 0.1) is 0 Å². The molecule has 1 atom stereocenters. The highest BCUT2D eigenvalue weighted by Gasteiger charge is 2.10. The second-order valence-corrected chi connectivity index (χ2v) is 4.26. The Morgan fingerprint density at radius 1 is 1.29 bits per heavy atom. The highest BCUT2D eigenvalue weighted by molar-refractivity contribution is 9.09. The van der Waals surface area contributed by atoms with Gasteiger partial charge >= 0.3 is 0 Å². The second-order valence-electron chi connectivity index (χ2n) is 3.62. The van der Waals surface area contributed by atoms with Gasteiger partial charge in [-0.15, -0.1) is 0 Å². The molecule has 2 heteroatoms. The summed E-state index contributed by atoms with van der Waals surface area (Å²) in [4.78, 5) is 2.39. The van der Waals surface area contributed by atoms with Crippen molar-refractivity contribution in [1.29, 1.82) is 0 Å². The summed E-state index contributed by atoms with van der Waals surface area (Å²) in [5.41, 5.74) is 1.38. The van der Waals surface area contributed by atoms with Crippen LogP contribution in [0.15, 0.2) is 30.3 Å². The number of benzene rings is 1. The van der Waals surface area contributed by atoms with Crippen LogP contribution in [0.4, 0.5) is 0 Å². The first-order chi connectivity index (χ1) is 6.77. The zero-order valence-corrected chi connectivity index (χ0v) is 10.5. The van der Waals surface area contributed by atoms with Crippen molar-refractivity contribution in [2.24, 2.45) is 0 Å². The van der Waals surface area contributed by atoms with Crippen molar-refractivity contribution in [3.05, 3.63) is 35.9 Å². The van der Waals surface area contributed by atoms with Gasteiger partial charge in [0.2, 0.25) is 0 Å². The van der Waals surface area contributed by atoms with E-state index in [0.717, 1.165) is 11.9 Å². The van der Waals surface area contributed by atoms with Crippen LogP contribution in [0.3, 0.4) is 0 Å². The average Bonchev–Trinajstić information content (AvgIpc) is 2.21. The zero-order valence-electron chi connectivity index (χ0n) is 8.91. The maximum Gasteiger partial charge on any atom is 0.0233 e. The van der Waals surface area contributed by atoms with Crippen LogP contribution in [0, 0.1) is 0 Å². The standard InChI is InChI=1S/C12H18BrN/c1-3-12(9-13)14(2)10-11-7-5-4-6-8-11/h4-8,12H,3,9-10H2,1-2H3. The molecule has 0 aliphatic rings. The molecular formula is C12H18BrN. The van der Waals surface area contributed by atoms with Crippen LogP contribution in [-0.2, 0) is 6.54 Å². The fourth-order valence-electron chi connectivity index (χ4n) is 1.54. The first-order valence-electron chi connectivity index (χ1n) is 5.08. The molecular weight excluding hydrogens is 238 g/mol. The minimum Gasteiger partial charge on any atom is -0.298 e. The Bertz CT molecular complexity index is 244. The van der Waals surface area contributed by atoms with Crippen LogP contribution in [0.25, 0.3) is 0 Å². The van der Waals surface area contributed by atoms with E-state index < -0.39 is 0 Å². The van der Waals surface area contributed by atoms with Crippen LogP contribution in [0.2, 0.25) is 0 Å². The smallest absolute Gasteiger partial charge is 0.0233 e. The van der Waals surface area contributed by atoms with Crippen LogP contribution < -0.4 is 0 Å². The van der Waals surface area contributed by atoms with Gasteiger partial charge in [0.1, 0.15) is 0 Å². The van der Waals surface area contributed by atoms with E-state index in [4.69, 9.17) is 0 Å². The lowest BCUT2D eigenvalue weighted by atomic mass is 10.2. The molecule has 0 saturated carbocycles. The number of halogens is 1. The van der Waals surface area contributed by atoms with Gasteiger partial charge in [0.15, 0.2) is 0 Å². The monoisotopic (exact) mass is 255 g/mol. The molecule has 78 valence electrons. The summed E-state index contributed by atoms with van der Waals surface area (Å²) < 4.78 is 0. The molecule has 0 aliphatic carbocycles. The van der Waals surface area contributed by atoms with E-state index in [9.17, 15) is 0 Å². The van der Waals surface area contributed by atoms with Gasteiger partial charge in [-0.05, 0) is 19.0 Å². The van der Waals surface area contributed by atoms with Crippen LogP contribution in [-0.4, -0.2) is 23.3 Å². The maximum atomic E-state index is 3.55. The summed E-state index contributed by atoms with van der Waals surface area (Å²) in [7, 11) is 2.18. The molecule has 0 aliphatic heterocycles. The average molecular weight is 256 g/mol. The summed E-state index contributed by atoms with van der Waals surface area (Å²) >= 11 is 3.55. The SMILES string of the molecule is CCC(CBr)N(C)Cc1ccccc1. The van der Waals surface area contributed by atoms with Crippen LogP contribution >= 0.6 is 15.9 Å². The number of hydrogen-bond acceptors (Lipinski definition) is 1. The van der Waals surface area contributed by atoms with Gasteiger partial charge in [-0.2, -0.15) is 0 Å². The highest BCUT2D eigenvalue weighted by Crippen LogP contribution is 2.10. The van der Waals surface area contributed by atoms with Gasteiger partial charge in [-0.25, -0.2) is 0 Å². The third-order valence-electron chi connectivity index (χ3n) is 2.55. The lowest BCUT2D eigenvalue weighted by Crippen LogP contribution is -2.31. The molecule has 0 saturated heterocycles. The van der Waals surface area contributed by atoms with Gasteiger partial charge in [0, 0.05) is 17.9 Å². The Balaban J connectivity index is 2.52. The van der Waals surface area contributed by atoms with Crippen molar-refractivity contribution in [3.8, 4) is 0 Å². The summed E-state index contributed by atoms with van der Waals surface area (Å²) in [5, 5.41) is 1.05. The largest absolute Gasteiger partial charge is 0.298 e. The van der Waals surface area contributed by atoms with Crippen molar-refractivity contribution < 1.29 is 0 Å². The predicted octanol–water partition coefficient (Wildman–Crippen LogP) is 3.29. The minimum atomic E-state index is 0.634. The normalized spacial score (nSPS) is 13.1. The molecule has 0 bridgehead atoms. The summed E-state index contributed by atoms with van der Waals surface area (Å²) in [6, 6.07) is 11.2. The van der Waals surface area contributed by atoms with E-state index in [0.29, 0.717) is 6.04 Å². The summed E-state index contributed by atoms with van der Waals surface area (Å²) in [5.74, 6) is 0. The molecule has 0 N–H and O–H groups in total. The fourth-order valence-corrected chi connectivity index (χ4v) is 2.49. The zero-order chi connectivity index (χ0) is 10.4. The lowest BCUT2D eigenvalue weighted by molar-refractivity contribution is 0.249. The minimum absolute atomic E-state index is 0.634. The molecule has 0 fully saturated rings. The molecule has 1 aromatic rings. The van der Waals surface area contributed by atoms with Gasteiger partial charge < -0.3 is 0 Å². The van der Waals surface area contributed by atoms with Crippen molar-refractivity contribution in [2.75, 3.05) is 12.4 Å². The molecule has 0 amide bonds. The van der Waals surface area contributed by atoms with Crippen molar-refractivity contribution in [3.63, 3.8) is 0 Å². The molecule has 0 spiro atoms. The maximum absolute atomic E-state index is 3.55. The first kappa shape index (κ1) is 11.7. The van der Waals surface area contributed by atoms with Crippen molar-refractivity contribution >= 4 is 15.9 Å². The van der Waals surface area contributed by atoms with E-state index in [-0.39, 0.29) is 0 Å². The van der Waals surface area contributed by atoms with E-state index in [2.05, 4.69) is 65.1 Å². The fraction of sp³-hybridized carbons (Fsp3) is 0.500. The van der Waals surface area contributed by atoms with Crippen molar-refractivity contribution in [1.82, 2.24) is 4.90 Å². The molecule has 1 nitrogen and oxygen atoms in total. The van der Waals surface area contributed by atoms with Crippen molar-refractivity contribution in [2.45, 2.75) is 25.9 Å². The molecule has 1 unspecified atom stereocenters. The van der Waals surface area contributed by atoms with E-state index in [1.807, 2.05) is 0 Å². The Kier molecular flexibility index (Phi) is 5.20. The number of hydrogen-bond donors (Lipinski definition) is 0. The number of nitrogens with zero attached hydrogens (tertiary/aromatic N) is 1. The van der Waals surface area contributed by atoms with Gasteiger partial charge in [0.25, 0.3) is 0 Å². The van der Waals surface area contributed by atoms with Crippen LogP contribution in [0.5, 0.6) is 0 Å². The predicted molar refractivity (Wildman–Crippen MR) is 65.8 cm³/mol. The third kappa shape index (κ3) is 3.43. The molecule has 1 rings (SSSR count). The number of alkyl halides is 1. The topological polar surface area (TPSA) is 3.24 Å². The summed E-state index contributed by atoms with van der Waals surface area (Å²) in [6.45, 7) is 3.26. The molecule has 14 heavy (non-hydrogen) atoms. The third-order valence-corrected chi connectivity index (χ3v) is 3.29. The van der Waals surface area contributed by atoms with E-state index in [1.54, 1.807) is 0 Å². The Labute approximate surface area is 95.2 Å². The Morgan fingerprint density at radius 2 is 1.93 bits per heavy atom. The Hall–Kier alpha value is -0.340. The summed E-state index contributed by atoms with van der Waals surface area (Å²) in [6.07, 6.45) is 1.19. The van der Waals surface area contributed by atoms with Gasteiger partial charge in [-0.3, -0.25) is 4.90 Å². The molecule has 0 aromatic heterocycles. The lowest BCUT2D eigenvalue weighted by Gasteiger charge is -2.25. The first-order valence-corrected chi connectivity index (χ1v) is 6.20. The van der Waals surface area contributed by atoms with E-state index in [1.165, 1.54) is 12.0 Å². The van der Waals surface area contributed by atoms with Crippen LogP contribution in [0.1, 0.15) is 18.9 Å². The molecule has 1 aromatic carbocycles. The van der Waals surface area contributed by atoms with Gasteiger partial charge in [-0.1, -0.05) is 53.2 Å². The Morgan fingerprint density at radius 3 is 2.43 bits per heavy atom. The second kappa shape index (κ2) is 6.20. The molecule has 0 radical (unpaired) electrons. The molecule has 0 heterocycles.